The summed E-state index contributed by atoms with van der Waals surface area (Å²) in [6, 6.07) is 16.6. The molecule has 0 aromatic heterocycles. The lowest BCUT2D eigenvalue weighted by Gasteiger charge is -2.31. The number of halogens is 4. The molecular formula is C17H16Br3ClN2O2S. The quantitative estimate of drug-likeness (QED) is 0.224. The van der Waals surface area contributed by atoms with Crippen LogP contribution in [0.4, 0.5) is 10.5 Å². The minimum Gasteiger partial charge on any atom is -0.421 e. The summed E-state index contributed by atoms with van der Waals surface area (Å²) in [7, 11) is 0. The van der Waals surface area contributed by atoms with Gasteiger partial charge in [-0.1, -0.05) is 77.6 Å². The van der Waals surface area contributed by atoms with Crippen LogP contribution in [0.1, 0.15) is 6.92 Å². The summed E-state index contributed by atoms with van der Waals surface area (Å²) in [6.07, 6.45) is 0. The molecule has 0 spiro atoms. The molecule has 1 atom stereocenters. The van der Waals surface area contributed by atoms with Crippen molar-refractivity contribution < 1.29 is 8.98 Å². The van der Waals surface area contributed by atoms with Crippen LogP contribution < -0.4 is 9.50 Å². The van der Waals surface area contributed by atoms with Crippen LogP contribution in [-0.4, -0.2) is 25.1 Å². The Balaban J connectivity index is 1.94. The Hall–Kier alpha value is -0.410. The monoisotopic (exact) mass is 584 g/mol. The summed E-state index contributed by atoms with van der Waals surface area (Å²) >= 11 is 17.6. The molecule has 0 fully saturated rings. The number of hydrogen-bond donors (Lipinski definition) is 1. The van der Waals surface area contributed by atoms with Crippen LogP contribution in [0.2, 0.25) is 0 Å². The van der Waals surface area contributed by atoms with Crippen molar-refractivity contribution in [2.45, 2.75) is 19.5 Å². The average Bonchev–Trinajstić information content (AvgIpc) is 2.62. The zero-order chi connectivity index (χ0) is 19.2. The summed E-state index contributed by atoms with van der Waals surface area (Å²) in [5.41, 5.74) is 0.0103. The predicted octanol–water partition coefficient (Wildman–Crippen LogP) is 7.03. The molecule has 9 heteroatoms. The molecule has 2 aromatic carbocycles. The third-order valence-corrected chi connectivity index (χ3v) is 6.62. The van der Waals surface area contributed by atoms with Gasteiger partial charge in [-0.2, -0.15) is 0 Å². The largest absolute Gasteiger partial charge is 0.421 e. The molecule has 0 radical (unpaired) electrons. The summed E-state index contributed by atoms with van der Waals surface area (Å²) in [4.78, 5) is 15.0. The molecular weight excluding hydrogens is 571 g/mol. The standard InChI is InChI=1S/C17H16Br3ClN2O2S/c1-2-23(15(21)17(18,19)20)16(24)22-12-8-10-13(11-9-12)25-26-14-6-4-3-5-7-14/h3-11,15H,2H2,1H3,(H,22,24). The number of urea groups is 1. The fourth-order valence-electron chi connectivity index (χ4n) is 1.94. The predicted molar refractivity (Wildman–Crippen MR) is 120 cm³/mol. The van der Waals surface area contributed by atoms with Crippen LogP contribution in [0.5, 0.6) is 5.75 Å². The number of alkyl halides is 4. The summed E-state index contributed by atoms with van der Waals surface area (Å²) in [6.45, 7) is 2.30. The van der Waals surface area contributed by atoms with Crippen LogP contribution in [0, 0.1) is 0 Å². The van der Waals surface area contributed by atoms with Crippen molar-refractivity contribution in [2.24, 2.45) is 0 Å². The minimum atomic E-state index is -0.770. The van der Waals surface area contributed by atoms with Gasteiger partial charge in [-0.3, -0.25) is 0 Å². The third kappa shape index (κ3) is 6.64. The first-order valence-corrected chi connectivity index (χ1v) is 11.1. The van der Waals surface area contributed by atoms with E-state index in [-0.39, 0.29) is 6.03 Å². The van der Waals surface area contributed by atoms with Gasteiger partial charge in [0, 0.05) is 17.1 Å². The number of nitrogens with zero attached hydrogens (tertiary/aromatic N) is 1. The Bertz CT molecular complexity index is 714. The van der Waals surface area contributed by atoms with E-state index in [1.807, 2.05) is 37.3 Å². The minimum absolute atomic E-state index is 0.303. The van der Waals surface area contributed by atoms with E-state index in [2.05, 4.69) is 53.1 Å². The average molecular weight is 588 g/mol. The SMILES string of the molecule is CCN(C(=O)Nc1ccc(OSc2ccccc2)cc1)C(Cl)C(Br)(Br)Br. The van der Waals surface area contributed by atoms with Crippen molar-refractivity contribution in [3.8, 4) is 5.75 Å². The Morgan fingerprint density at radius 1 is 1.19 bits per heavy atom. The fourth-order valence-corrected chi connectivity index (χ4v) is 3.48. The van der Waals surface area contributed by atoms with Crippen molar-refractivity contribution in [1.29, 1.82) is 0 Å². The lowest BCUT2D eigenvalue weighted by molar-refractivity contribution is 0.211. The van der Waals surface area contributed by atoms with Gasteiger partial charge >= 0.3 is 6.03 Å². The molecule has 0 saturated heterocycles. The molecule has 0 bridgehead atoms. The number of carbonyl (C=O) groups is 1. The Morgan fingerprint density at radius 3 is 2.35 bits per heavy atom. The smallest absolute Gasteiger partial charge is 0.323 e. The molecule has 4 nitrogen and oxygen atoms in total. The number of nitrogens with one attached hydrogen (secondary N) is 1. The number of rotatable bonds is 6. The molecule has 140 valence electrons. The number of hydrogen-bond acceptors (Lipinski definition) is 3. The van der Waals surface area contributed by atoms with Gasteiger partial charge in [-0.25, -0.2) is 4.79 Å². The number of carbonyl (C=O) groups excluding carboxylic acids is 1. The Morgan fingerprint density at radius 2 is 1.81 bits per heavy atom. The normalized spacial score (nSPS) is 12.3. The van der Waals surface area contributed by atoms with Crippen LogP contribution in [0.3, 0.4) is 0 Å². The second-order valence-corrected chi connectivity index (χ2v) is 13.3. The van der Waals surface area contributed by atoms with Crippen LogP contribution >= 0.6 is 71.4 Å². The van der Waals surface area contributed by atoms with Crippen molar-refractivity contribution in [1.82, 2.24) is 4.90 Å². The summed E-state index contributed by atoms with van der Waals surface area (Å²) in [5, 5.41) is 2.82. The highest BCUT2D eigenvalue weighted by Gasteiger charge is 2.36. The zero-order valence-electron chi connectivity index (χ0n) is 13.7. The van der Waals surface area contributed by atoms with Crippen molar-refractivity contribution in [2.75, 3.05) is 11.9 Å². The molecule has 2 aromatic rings. The van der Waals surface area contributed by atoms with Crippen molar-refractivity contribution >= 4 is 83.2 Å². The lowest BCUT2D eigenvalue weighted by Crippen LogP contribution is -2.45. The second kappa shape index (κ2) is 10.2. The molecule has 0 aliphatic rings. The molecule has 0 aliphatic heterocycles. The van der Waals surface area contributed by atoms with E-state index in [4.69, 9.17) is 15.8 Å². The number of amides is 2. The highest BCUT2D eigenvalue weighted by molar-refractivity contribution is 9.39. The van der Waals surface area contributed by atoms with Gasteiger partial charge in [0.15, 0.2) is 2.14 Å². The Labute approximate surface area is 187 Å². The number of anilines is 1. The van der Waals surface area contributed by atoms with E-state index in [9.17, 15) is 4.79 Å². The highest BCUT2D eigenvalue weighted by Crippen LogP contribution is 2.41. The second-order valence-electron chi connectivity index (χ2n) is 5.10. The Kier molecular flexibility index (Phi) is 8.60. The summed E-state index contributed by atoms with van der Waals surface area (Å²) in [5.74, 6) is 0.694. The van der Waals surface area contributed by atoms with E-state index in [1.54, 1.807) is 24.3 Å². The molecule has 1 unspecified atom stereocenters. The third-order valence-electron chi connectivity index (χ3n) is 3.23. The zero-order valence-corrected chi connectivity index (χ0v) is 20.0. The lowest BCUT2D eigenvalue weighted by atomic mass is 10.3. The van der Waals surface area contributed by atoms with Gasteiger partial charge in [0.2, 0.25) is 0 Å². The maximum Gasteiger partial charge on any atom is 0.323 e. The van der Waals surface area contributed by atoms with Crippen LogP contribution in [0.25, 0.3) is 0 Å². The molecule has 2 rings (SSSR count). The first-order valence-electron chi connectivity index (χ1n) is 7.59. The maximum atomic E-state index is 12.5. The van der Waals surface area contributed by atoms with Gasteiger partial charge in [0.05, 0.1) is 12.0 Å². The summed E-state index contributed by atoms with van der Waals surface area (Å²) < 4.78 is 4.89. The fraction of sp³-hybridized carbons (Fsp3) is 0.235. The molecule has 0 aliphatic carbocycles. The maximum absolute atomic E-state index is 12.5. The molecule has 2 amide bonds. The van der Waals surface area contributed by atoms with E-state index in [0.717, 1.165) is 4.90 Å². The highest BCUT2D eigenvalue weighted by atomic mass is 80.0. The van der Waals surface area contributed by atoms with E-state index < -0.39 is 7.64 Å². The van der Waals surface area contributed by atoms with Crippen LogP contribution in [-0.2, 0) is 0 Å². The molecule has 26 heavy (non-hydrogen) atoms. The molecule has 0 heterocycles. The van der Waals surface area contributed by atoms with E-state index in [0.29, 0.717) is 18.0 Å². The number of benzene rings is 2. The first kappa shape index (κ1) is 21.9. The van der Waals surface area contributed by atoms with Crippen LogP contribution in [0.15, 0.2) is 59.5 Å². The van der Waals surface area contributed by atoms with Gasteiger partial charge < -0.3 is 14.4 Å². The van der Waals surface area contributed by atoms with Gasteiger partial charge in [-0.05, 0) is 43.3 Å². The molecule has 0 saturated carbocycles. The van der Waals surface area contributed by atoms with Crippen molar-refractivity contribution in [3.05, 3.63) is 54.6 Å². The topological polar surface area (TPSA) is 41.6 Å². The van der Waals surface area contributed by atoms with Crippen molar-refractivity contribution in [3.63, 3.8) is 0 Å². The van der Waals surface area contributed by atoms with E-state index in [1.165, 1.54) is 16.9 Å². The van der Waals surface area contributed by atoms with E-state index >= 15 is 0 Å². The molecule has 1 N–H and O–H groups in total. The van der Waals surface area contributed by atoms with Gasteiger partial charge in [0.1, 0.15) is 11.3 Å². The van der Waals surface area contributed by atoms with Gasteiger partial charge in [-0.15, -0.1) is 0 Å². The van der Waals surface area contributed by atoms with Gasteiger partial charge in [0.25, 0.3) is 0 Å². The first-order chi connectivity index (χ1) is 12.3.